The van der Waals surface area contributed by atoms with Gasteiger partial charge in [0, 0.05) is 21.3 Å². The molecule has 0 N–H and O–H groups in total. The predicted octanol–water partition coefficient (Wildman–Crippen LogP) is 1.01. The van der Waals surface area contributed by atoms with Crippen molar-refractivity contribution in [1.29, 1.82) is 5.26 Å². The second-order valence-electron chi connectivity index (χ2n) is 2.91. The Balaban J connectivity index is 2.94. The number of hydrogen-bond donors (Lipinski definition) is 0. The summed E-state index contributed by atoms with van der Waals surface area (Å²) in [7, 11) is 4.54. The van der Waals surface area contributed by atoms with Crippen LogP contribution >= 0.6 is 0 Å². The molecule has 0 radical (unpaired) electrons. The van der Waals surface area contributed by atoms with Gasteiger partial charge in [0.15, 0.2) is 5.60 Å². The maximum atomic E-state index is 8.90. The molecule has 76 valence electrons. The van der Waals surface area contributed by atoms with Gasteiger partial charge in [-0.25, -0.2) is 0 Å². The summed E-state index contributed by atoms with van der Waals surface area (Å²) in [5.41, 5.74) is -0.999. The van der Waals surface area contributed by atoms with Crippen LogP contribution in [0.4, 0.5) is 0 Å². The summed E-state index contributed by atoms with van der Waals surface area (Å²) in [6.45, 7) is 0. The number of rotatable bonds is 3. The average molecular weight is 195 g/mol. The molecule has 0 fully saturated rings. The lowest BCUT2D eigenvalue weighted by Crippen LogP contribution is -2.36. The van der Waals surface area contributed by atoms with Crippen molar-refractivity contribution in [3.05, 3.63) is 24.3 Å². The van der Waals surface area contributed by atoms with Crippen molar-refractivity contribution < 1.29 is 14.2 Å². The van der Waals surface area contributed by atoms with Crippen LogP contribution in [0.25, 0.3) is 0 Å². The zero-order chi connectivity index (χ0) is 10.7. The quantitative estimate of drug-likeness (QED) is 0.498. The largest absolute Gasteiger partial charge is 0.356 e. The first-order chi connectivity index (χ1) is 6.66. The molecule has 0 unspecified atom stereocenters. The lowest BCUT2D eigenvalue weighted by molar-refractivity contribution is -0.135. The first-order valence-electron chi connectivity index (χ1n) is 4.13. The Morgan fingerprint density at radius 2 is 1.43 bits per heavy atom. The van der Waals surface area contributed by atoms with Gasteiger partial charge in [0.2, 0.25) is 5.79 Å². The van der Waals surface area contributed by atoms with Crippen LogP contribution in [0, 0.1) is 11.3 Å². The van der Waals surface area contributed by atoms with E-state index in [0.717, 1.165) is 0 Å². The molecule has 0 amide bonds. The fraction of sp³-hybridized carbons (Fsp3) is 0.500. The van der Waals surface area contributed by atoms with Gasteiger partial charge >= 0.3 is 0 Å². The van der Waals surface area contributed by atoms with Crippen LogP contribution < -0.4 is 0 Å². The SMILES string of the molecule is COC1(C#N)C=CC(OC)(OC)C=C1. The number of nitrogens with zero attached hydrogens (tertiary/aromatic N) is 1. The highest BCUT2D eigenvalue weighted by molar-refractivity contribution is 5.34. The predicted molar refractivity (Wildman–Crippen MR) is 50.4 cm³/mol. The summed E-state index contributed by atoms with van der Waals surface area (Å²) < 4.78 is 15.4. The summed E-state index contributed by atoms with van der Waals surface area (Å²) in [5.74, 6) is -0.876. The zero-order valence-electron chi connectivity index (χ0n) is 8.48. The van der Waals surface area contributed by atoms with Gasteiger partial charge in [-0.3, -0.25) is 0 Å². The average Bonchev–Trinajstić information content (AvgIpc) is 2.29. The Labute approximate surface area is 83.4 Å². The van der Waals surface area contributed by atoms with Crippen LogP contribution in [-0.2, 0) is 14.2 Å². The van der Waals surface area contributed by atoms with E-state index in [1.807, 2.05) is 6.07 Å². The fourth-order valence-corrected chi connectivity index (χ4v) is 1.20. The van der Waals surface area contributed by atoms with E-state index in [9.17, 15) is 0 Å². The molecule has 0 heterocycles. The number of methoxy groups -OCH3 is 3. The van der Waals surface area contributed by atoms with Crippen molar-refractivity contribution in [2.45, 2.75) is 11.4 Å². The molecule has 1 aliphatic rings. The molecule has 0 aromatic rings. The summed E-state index contributed by atoms with van der Waals surface area (Å²) in [5, 5.41) is 8.90. The Morgan fingerprint density at radius 3 is 1.71 bits per heavy atom. The Kier molecular flexibility index (Phi) is 3.06. The summed E-state index contributed by atoms with van der Waals surface area (Å²) in [6.07, 6.45) is 6.53. The second kappa shape index (κ2) is 3.93. The first kappa shape index (κ1) is 10.9. The fourth-order valence-electron chi connectivity index (χ4n) is 1.20. The topological polar surface area (TPSA) is 51.5 Å². The van der Waals surface area contributed by atoms with Gasteiger partial charge in [-0.15, -0.1) is 0 Å². The molecular weight excluding hydrogens is 182 g/mol. The Hall–Kier alpha value is -1.15. The van der Waals surface area contributed by atoms with Gasteiger partial charge in [0.05, 0.1) is 0 Å². The van der Waals surface area contributed by atoms with Crippen LogP contribution in [0.15, 0.2) is 24.3 Å². The second-order valence-corrected chi connectivity index (χ2v) is 2.91. The van der Waals surface area contributed by atoms with E-state index in [1.165, 1.54) is 21.3 Å². The molecule has 0 saturated heterocycles. The van der Waals surface area contributed by atoms with Crippen molar-refractivity contribution in [1.82, 2.24) is 0 Å². The van der Waals surface area contributed by atoms with Crippen molar-refractivity contribution in [3.8, 4) is 6.07 Å². The molecule has 0 spiro atoms. The minimum atomic E-state index is -0.999. The van der Waals surface area contributed by atoms with E-state index in [1.54, 1.807) is 24.3 Å². The molecule has 0 aromatic heterocycles. The number of ether oxygens (including phenoxy) is 3. The molecule has 0 aliphatic heterocycles. The molecular formula is C10H13NO3. The van der Waals surface area contributed by atoms with Crippen LogP contribution in [0.3, 0.4) is 0 Å². The van der Waals surface area contributed by atoms with Crippen LogP contribution in [-0.4, -0.2) is 32.7 Å². The van der Waals surface area contributed by atoms with Gasteiger partial charge in [0.25, 0.3) is 0 Å². The Morgan fingerprint density at radius 1 is 0.929 bits per heavy atom. The van der Waals surface area contributed by atoms with Crippen molar-refractivity contribution >= 4 is 0 Å². The smallest absolute Gasteiger partial charge is 0.207 e. The monoisotopic (exact) mass is 195 g/mol. The van der Waals surface area contributed by atoms with E-state index in [4.69, 9.17) is 19.5 Å². The summed E-state index contributed by atoms with van der Waals surface area (Å²) in [4.78, 5) is 0. The lowest BCUT2D eigenvalue weighted by Gasteiger charge is -2.30. The van der Waals surface area contributed by atoms with Crippen molar-refractivity contribution in [2.75, 3.05) is 21.3 Å². The molecule has 0 atom stereocenters. The third-order valence-corrected chi connectivity index (χ3v) is 2.28. The molecule has 1 aliphatic carbocycles. The van der Waals surface area contributed by atoms with E-state index >= 15 is 0 Å². The number of nitriles is 1. The van der Waals surface area contributed by atoms with Gasteiger partial charge in [0.1, 0.15) is 6.07 Å². The molecule has 0 aromatic carbocycles. The Bertz CT molecular complexity index is 281. The highest BCUT2D eigenvalue weighted by atomic mass is 16.7. The van der Waals surface area contributed by atoms with Crippen LogP contribution in [0.1, 0.15) is 0 Å². The molecule has 14 heavy (non-hydrogen) atoms. The third-order valence-electron chi connectivity index (χ3n) is 2.28. The number of hydrogen-bond acceptors (Lipinski definition) is 4. The van der Waals surface area contributed by atoms with Crippen LogP contribution in [0.2, 0.25) is 0 Å². The minimum absolute atomic E-state index is 0.876. The molecule has 4 heteroatoms. The van der Waals surface area contributed by atoms with Crippen LogP contribution in [0.5, 0.6) is 0 Å². The maximum absolute atomic E-state index is 8.90. The highest BCUT2D eigenvalue weighted by Crippen LogP contribution is 2.26. The van der Waals surface area contributed by atoms with Gasteiger partial charge < -0.3 is 14.2 Å². The van der Waals surface area contributed by atoms with Gasteiger partial charge in [-0.05, 0) is 24.3 Å². The maximum Gasteiger partial charge on any atom is 0.207 e. The first-order valence-corrected chi connectivity index (χ1v) is 4.13. The zero-order valence-corrected chi connectivity index (χ0v) is 8.48. The van der Waals surface area contributed by atoms with Crippen molar-refractivity contribution in [2.24, 2.45) is 0 Å². The normalized spacial score (nSPS) is 21.9. The third kappa shape index (κ3) is 1.70. The molecule has 0 bridgehead atoms. The highest BCUT2D eigenvalue weighted by Gasteiger charge is 2.33. The minimum Gasteiger partial charge on any atom is -0.356 e. The molecule has 4 nitrogen and oxygen atoms in total. The lowest BCUT2D eigenvalue weighted by atomic mass is 9.96. The van der Waals surface area contributed by atoms with E-state index < -0.39 is 11.4 Å². The molecule has 0 saturated carbocycles. The summed E-state index contributed by atoms with van der Waals surface area (Å²) in [6, 6.07) is 2.05. The standard InChI is InChI=1S/C10H13NO3/c1-12-9(8-11)4-6-10(13-2,14-3)7-5-9/h4-7H,1-3H3. The van der Waals surface area contributed by atoms with Gasteiger partial charge in [-0.1, -0.05) is 0 Å². The summed E-state index contributed by atoms with van der Waals surface area (Å²) >= 11 is 0. The van der Waals surface area contributed by atoms with E-state index in [2.05, 4.69) is 0 Å². The van der Waals surface area contributed by atoms with E-state index in [0.29, 0.717) is 0 Å². The van der Waals surface area contributed by atoms with Crippen molar-refractivity contribution in [3.63, 3.8) is 0 Å². The van der Waals surface area contributed by atoms with E-state index in [-0.39, 0.29) is 0 Å². The van der Waals surface area contributed by atoms with Gasteiger partial charge in [-0.2, -0.15) is 5.26 Å². The molecule has 1 rings (SSSR count).